The number of ether oxygens (including phenoxy) is 1. The highest BCUT2D eigenvalue weighted by molar-refractivity contribution is 7.92. The molecule has 23 heavy (non-hydrogen) atoms. The molecule has 1 unspecified atom stereocenters. The zero-order valence-electron chi connectivity index (χ0n) is 14.0. The maximum atomic E-state index is 12.2. The molecule has 2 rings (SSSR count). The number of para-hydroxylation sites is 1. The SMILES string of the molecule is COc1ccccc1C1(CNC(=O)C(C)S(C)(=O)=O)CCCC1. The third kappa shape index (κ3) is 3.86. The van der Waals surface area contributed by atoms with E-state index >= 15 is 0 Å². The number of hydrogen-bond donors (Lipinski definition) is 1. The van der Waals surface area contributed by atoms with Crippen LogP contribution in [0.3, 0.4) is 0 Å². The Balaban J connectivity index is 2.21. The lowest BCUT2D eigenvalue weighted by Gasteiger charge is -2.31. The molecule has 1 N–H and O–H groups in total. The van der Waals surface area contributed by atoms with Crippen LogP contribution in [-0.4, -0.2) is 39.5 Å². The summed E-state index contributed by atoms with van der Waals surface area (Å²) in [4.78, 5) is 12.2. The minimum absolute atomic E-state index is 0.181. The number of rotatable bonds is 6. The van der Waals surface area contributed by atoms with Crippen LogP contribution in [0.2, 0.25) is 0 Å². The molecule has 1 fully saturated rings. The van der Waals surface area contributed by atoms with Crippen LogP contribution in [0.15, 0.2) is 24.3 Å². The van der Waals surface area contributed by atoms with E-state index in [0.717, 1.165) is 43.3 Å². The van der Waals surface area contributed by atoms with Gasteiger partial charge >= 0.3 is 0 Å². The molecule has 0 bridgehead atoms. The van der Waals surface area contributed by atoms with Crippen molar-refractivity contribution >= 4 is 15.7 Å². The lowest BCUT2D eigenvalue weighted by molar-refractivity contribution is -0.120. The van der Waals surface area contributed by atoms with Gasteiger partial charge in [0.1, 0.15) is 11.0 Å². The van der Waals surface area contributed by atoms with Gasteiger partial charge in [-0.2, -0.15) is 0 Å². The first kappa shape index (κ1) is 17.8. The fraction of sp³-hybridized carbons (Fsp3) is 0.588. The predicted octanol–water partition coefficient (Wildman–Crippen LogP) is 2.06. The van der Waals surface area contributed by atoms with Gasteiger partial charge in [-0.15, -0.1) is 0 Å². The first-order valence-electron chi connectivity index (χ1n) is 7.90. The van der Waals surface area contributed by atoms with Crippen LogP contribution in [-0.2, 0) is 20.0 Å². The molecule has 0 radical (unpaired) electrons. The first-order valence-corrected chi connectivity index (χ1v) is 9.86. The molecular weight excluding hydrogens is 314 g/mol. The smallest absolute Gasteiger partial charge is 0.238 e. The van der Waals surface area contributed by atoms with Crippen LogP contribution in [0.4, 0.5) is 0 Å². The molecule has 1 atom stereocenters. The van der Waals surface area contributed by atoms with E-state index in [4.69, 9.17) is 4.74 Å². The van der Waals surface area contributed by atoms with Crippen LogP contribution in [0, 0.1) is 0 Å². The van der Waals surface area contributed by atoms with E-state index < -0.39 is 21.0 Å². The van der Waals surface area contributed by atoms with Gasteiger partial charge < -0.3 is 10.1 Å². The highest BCUT2D eigenvalue weighted by Gasteiger charge is 2.38. The molecule has 1 aromatic carbocycles. The molecule has 1 saturated carbocycles. The second-order valence-corrected chi connectivity index (χ2v) is 8.74. The number of methoxy groups -OCH3 is 1. The Labute approximate surface area is 138 Å². The predicted molar refractivity (Wildman–Crippen MR) is 90.5 cm³/mol. The number of carbonyl (C=O) groups excluding carboxylic acids is 1. The third-order valence-electron chi connectivity index (χ3n) is 4.85. The Kier molecular flexibility index (Phi) is 5.34. The van der Waals surface area contributed by atoms with Crippen molar-refractivity contribution < 1.29 is 17.9 Å². The Morgan fingerprint density at radius 1 is 1.30 bits per heavy atom. The molecule has 1 aliphatic carbocycles. The summed E-state index contributed by atoms with van der Waals surface area (Å²) in [5, 5.41) is 1.82. The fourth-order valence-electron chi connectivity index (χ4n) is 3.27. The normalized spacial score (nSPS) is 18.4. The number of hydrogen-bond acceptors (Lipinski definition) is 4. The standard InChI is InChI=1S/C17H25NO4S/c1-13(23(3,20)21)16(19)18-12-17(10-6-7-11-17)14-8-4-5-9-15(14)22-2/h4-5,8-9,13H,6-7,10-12H2,1-3H3,(H,18,19). The van der Waals surface area contributed by atoms with Crippen molar-refractivity contribution in [2.24, 2.45) is 0 Å². The monoisotopic (exact) mass is 339 g/mol. The van der Waals surface area contributed by atoms with Gasteiger partial charge in [-0.1, -0.05) is 31.0 Å². The molecular formula is C17H25NO4S. The molecule has 0 heterocycles. The lowest BCUT2D eigenvalue weighted by Crippen LogP contribution is -2.44. The van der Waals surface area contributed by atoms with Crippen molar-refractivity contribution in [3.05, 3.63) is 29.8 Å². The Morgan fingerprint density at radius 3 is 2.48 bits per heavy atom. The zero-order chi connectivity index (χ0) is 17.1. The summed E-state index contributed by atoms with van der Waals surface area (Å²) in [5.41, 5.74) is 0.909. The van der Waals surface area contributed by atoms with Crippen LogP contribution in [0.5, 0.6) is 5.75 Å². The summed E-state index contributed by atoms with van der Waals surface area (Å²) >= 11 is 0. The topological polar surface area (TPSA) is 72.5 Å². The van der Waals surface area contributed by atoms with Gasteiger partial charge in [-0.05, 0) is 25.8 Å². The highest BCUT2D eigenvalue weighted by atomic mass is 32.2. The average molecular weight is 339 g/mol. The largest absolute Gasteiger partial charge is 0.496 e. The van der Waals surface area contributed by atoms with Gasteiger partial charge in [0, 0.05) is 23.8 Å². The van der Waals surface area contributed by atoms with E-state index in [2.05, 4.69) is 5.32 Å². The van der Waals surface area contributed by atoms with Crippen molar-refractivity contribution in [3.63, 3.8) is 0 Å². The second kappa shape index (κ2) is 6.91. The average Bonchev–Trinajstić information content (AvgIpc) is 3.01. The van der Waals surface area contributed by atoms with Crippen molar-refractivity contribution in [1.82, 2.24) is 5.32 Å². The Bertz CT molecular complexity index is 663. The Morgan fingerprint density at radius 2 is 1.91 bits per heavy atom. The number of carbonyl (C=O) groups is 1. The third-order valence-corrected chi connectivity index (χ3v) is 6.35. The van der Waals surface area contributed by atoms with Gasteiger partial charge in [0.2, 0.25) is 5.91 Å². The van der Waals surface area contributed by atoms with E-state index in [1.165, 1.54) is 6.92 Å². The maximum absolute atomic E-state index is 12.2. The molecule has 6 heteroatoms. The van der Waals surface area contributed by atoms with Crippen LogP contribution >= 0.6 is 0 Å². The molecule has 0 aromatic heterocycles. The number of amides is 1. The van der Waals surface area contributed by atoms with Crippen LogP contribution in [0.1, 0.15) is 38.2 Å². The molecule has 1 amide bonds. The van der Waals surface area contributed by atoms with E-state index in [9.17, 15) is 13.2 Å². The van der Waals surface area contributed by atoms with E-state index in [-0.39, 0.29) is 5.41 Å². The summed E-state index contributed by atoms with van der Waals surface area (Å²) < 4.78 is 28.6. The van der Waals surface area contributed by atoms with Crippen molar-refractivity contribution in [2.75, 3.05) is 19.9 Å². The van der Waals surface area contributed by atoms with E-state index in [1.807, 2.05) is 24.3 Å². The molecule has 0 aliphatic heterocycles. The zero-order valence-corrected chi connectivity index (χ0v) is 14.8. The lowest BCUT2D eigenvalue weighted by atomic mass is 9.78. The van der Waals surface area contributed by atoms with Crippen molar-refractivity contribution in [1.29, 1.82) is 0 Å². The summed E-state index contributed by atoms with van der Waals surface area (Å²) in [5.74, 6) is 0.383. The minimum Gasteiger partial charge on any atom is -0.496 e. The summed E-state index contributed by atoms with van der Waals surface area (Å²) in [7, 11) is -1.74. The van der Waals surface area contributed by atoms with Gasteiger partial charge in [0.25, 0.3) is 0 Å². The van der Waals surface area contributed by atoms with Crippen molar-refractivity contribution in [2.45, 2.75) is 43.3 Å². The quantitative estimate of drug-likeness (QED) is 0.861. The van der Waals surface area contributed by atoms with Gasteiger partial charge in [-0.25, -0.2) is 8.42 Å². The first-order chi connectivity index (χ1) is 10.8. The molecule has 128 valence electrons. The highest BCUT2D eigenvalue weighted by Crippen LogP contribution is 2.44. The molecule has 1 aromatic rings. The van der Waals surface area contributed by atoms with Crippen LogP contribution < -0.4 is 10.1 Å². The number of nitrogens with one attached hydrogen (secondary N) is 1. The van der Waals surface area contributed by atoms with Crippen LogP contribution in [0.25, 0.3) is 0 Å². The summed E-state index contributed by atoms with van der Waals surface area (Å²) in [6, 6.07) is 7.86. The fourth-order valence-corrected chi connectivity index (χ4v) is 3.74. The van der Waals surface area contributed by atoms with Crippen molar-refractivity contribution in [3.8, 4) is 5.75 Å². The summed E-state index contributed by atoms with van der Waals surface area (Å²) in [6.07, 6.45) is 5.19. The molecule has 1 aliphatic rings. The molecule has 0 saturated heterocycles. The minimum atomic E-state index is -3.38. The number of benzene rings is 1. The van der Waals surface area contributed by atoms with E-state index in [1.54, 1.807) is 7.11 Å². The van der Waals surface area contributed by atoms with E-state index in [0.29, 0.717) is 6.54 Å². The van der Waals surface area contributed by atoms with Gasteiger partial charge in [0.05, 0.1) is 7.11 Å². The number of sulfone groups is 1. The maximum Gasteiger partial charge on any atom is 0.238 e. The molecule has 0 spiro atoms. The molecule has 5 nitrogen and oxygen atoms in total. The van der Waals surface area contributed by atoms with Gasteiger partial charge in [-0.3, -0.25) is 4.79 Å². The van der Waals surface area contributed by atoms with Gasteiger partial charge in [0.15, 0.2) is 9.84 Å². The second-order valence-electron chi connectivity index (χ2n) is 6.38. The summed E-state index contributed by atoms with van der Waals surface area (Å²) in [6.45, 7) is 1.86. The Hall–Kier alpha value is -1.56.